The molecule has 0 aliphatic rings. The van der Waals surface area contributed by atoms with E-state index in [4.69, 9.17) is 10.4 Å². The van der Waals surface area contributed by atoms with Crippen LogP contribution in [0.1, 0.15) is 25.0 Å². The van der Waals surface area contributed by atoms with Crippen LogP contribution in [0.5, 0.6) is 0 Å². The maximum absolute atomic E-state index is 12.1. The largest absolute Gasteiger partial charge is 0.480 e. The molecule has 2 atom stereocenters. The normalized spacial score (nSPS) is 13.9. The van der Waals surface area contributed by atoms with E-state index < -0.39 is 22.0 Å². The molecule has 1 aromatic carbocycles. The number of carboxylic acid groups (broad SMARTS) is 1. The number of aliphatic carboxylic acids is 1. The zero-order chi connectivity index (χ0) is 13.7. The fraction of sp³-hybridized carbons (Fsp3) is 0.385. The Labute approximate surface area is 109 Å². The van der Waals surface area contributed by atoms with E-state index in [0.717, 1.165) is 0 Å². The molecule has 0 saturated heterocycles. The minimum Gasteiger partial charge on any atom is -0.480 e. The highest BCUT2D eigenvalue weighted by Crippen LogP contribution is 2.16. The van der Waals surface area contributed by atoms with Crippen molar-refractivity contribution < 1.29 is 14.1 Å². The van der Waals surface area contributed by atoms with E-state index in [9.17, 15) is 9.00 Å². The number of benzene rings is 1. The van der Waals surface area contributed by atoms with Gasteiger partial charge in [0.1, 0.15) is 5.25 Å². The van der Waals surface area contributed by atoms with E-state index in [1.54, 1.807) is 38.1 Å². The standard InChI is InChI=1S/C13H15NO3S/c1-9(2)12(13(15)16)18(17)8-11-6-4-3-5-10(11)7-14/h3-6,9,12H,8H2,1-2H3,(H,15,16). The van der Waals surface area contributed by atoms with Gasteiger partial charge in [-0.25, -0.2) is 0 Å². The summed E-state index contributed by atoms with van der Waals surface area (Å²) >= 11 is 0. The summed E-state index contributed by atoms with van der Waals surface area (Å²) < 4.78 is 12.1. The van der Waals surface area contributed by atoms with Gasteiger partial charge in [0.05, 0.1) is 17.4 Å². The van der Waals surface area contributed by atoms with Crippen LogP contribution < -0.4 is 0 Å². The van der Waals surface area contributed by atoms with Crippen LogP contribution in [0.2, 0.25) is 0 Å². The predicted octanol–water partition coefficient (Wildman–Crippen LogP) is 1.92. The van der Waals surface area contributed by atoms with Gasteiger partial charge < -0.3 is 5.11 Å². The van der Waals surface area contributed by atoms with Crippen molar-refractivity contribution in [1.29, 1.82) is 5.26 Å². The van der Waals surface area contributed by atoms with Crippen LogP contribution in [0.25, 0.3) is 0 Å². The summed E-state index contributed by atoms with van der Waals surface area (Å²) in [5.74, 6) is -1.17. The van der Waals surface area contributed by atoms with Crippen LogP contribution in [-0.2, 0) is 21.3 Å². The highest BCUT2D eigenvalue weighted by atomic mass is 32.2. The van der Waals surface area contributed by atoms with E-state index in [1.165, 1.54) is 0 Å². The van der Waals surface area contributed by atoms with Crippen molar-refractivity contribution in [2.45, 2.75) is 24.9 Å². The van der Waals surface area contributed by atoms with Gasteiger partial charge in [0.2, 0.25) is 0 Å². The van der Waals surface area contributed by atoms with Crippen molar-refractivity contribution in [2.24, 2.45) is 5.92 Å². The van der Waals surface area contributed by atoms with Gasteiger partial charge in [-0.05, 0) is 17.5 Å². The molecule has 0 aliphatic heterocycles. The molecule has 4 nitrogen and oxygen atoms in total. The summed E-state index contributed by atoms with van der Waals surface area (Å²) in [7, 11) is -1.53. The first-order valence-corrected chi connectivity index (χ1v) is 6.93. The number of rotatable bonds is 5. The minimum absolute atomic E-state index is 0.0961. The van der Waals surface area contributed by atoms with Gasteiger partial charge in [-0.15, -0.1) is 0 Å². The Morgan fingerprint density at radius 2 is 2.06 bits per heavy atom. The van der Waals surface area contributed by atoms with Gasteiger partial charge in [-0.1, -0.05) is 32.0 Å². The zero-order valence-corrected chi connectivity index (χ0v) is 11.1. The molecule has 0 bridgehead atoms. The molecule has 0 saturated carbocycles. The molecule has 1 aromatic rings. The highest BCUT2D eigenvalue weighted by Gasteiger charge is 2.28. The number of carbonyl (C=O) groups is 1. The van der Waals surface area contributed by atoms with Crippen LogP contribution in [0, 0.1) is 17.2 Å². The smallest absolute Gasteiger partial charge is 0.319 e. The molecule has 5 heteroatoms. The SMILES string of the molecule is CC(C)C(C(=O)O)S(=O)Cc1ccccc1C#N. The number of hydrogen-bond acceptors (Lipinski definition) is 3. The predicted molar refractivity (Wildman–Crippen MR) is 69.3 cm³/mol. The molecule has 0 aliphatic carbocycles. The number of nitrogens with zero attached hydrogens (tertiary/aromatic N) is 1. The lowest BCUT2D eigenvalue weighted by Crippen LogP contribution is -2.31. The fourth-order valence-electron chi connectivity index (χ4n) is 1.70. The second kappa shape index (κ2) is 6.31. The summed E-state index contributed by atoms with van der Waals surface area (Å²) in [6, 6.07) is 8.83. The van der Waals surface area contributed by atoms with Crippen molar-refractivity contribution >= 4 is 16.8 Å². The Bertz CT molecular complexity index is 505. The number of hydrogen-bond donors (Lipinski definition) is 1. The summed E-state index contributed by atoms with van der Waals surface area (Å²) in [5, 5.41) is 17.1. The molecule has 1 rings (SSSR count). The first-order valence-electron chi connectivity index (χ1n) is 5.55. The maximum atomic E-state index is 12.1. The van der Waals surface area contributed by atoms with Crippen molar-refractivity contribution in [1.82, 2.24) is 0 Å². The van der Waals surface area contributed by atoms with Gasteiger partial charge in [-0.2, -0.15) is 5.26 Å². The van der Waals surface area contributed by atoms with Gasteiger partial charge in [0.25, 0.3) is 0 Å². The third-order valence-electron chi connectivity index (χ3n) is 2.57. The molecule has 18 heavy (non-hydrogen) atoms. The molecule has 0 aromatic heterocycles. The Kier molecular flexibility index (Phi) is 5.05. The zero-order valence-electron chi connectivity index (χ0n) is 10.3. The molecule has 0 heterocycles. The van der Waals surface area contributed by atoms with E-state index in [1.807, 2.05) is 6.07 Å². The van der Waals surface area contributed by atoms with Crippen LogP contribution in [0.3, 0.4) is 0 Å². The average molecular weight is 265 g/mol. The Hall–Kier alpha value is -1.67. The Morgan fingerprint density at radius 1 is 1.44 bits per heavy atom. The Balaban J connectivity index is 2.94. The second-order valence-corrected chi connectivity index (χ2v) is 5.85. The molecule has 96 valence electrons. The summed E-state index contributed by atoms with van der Waals surface area (Å²) in [6.07, 6.45) is 0. The lowest BCUT2D eigenvalue weighted by molar-refractivity contribution is -0.137. The summed E-state index contributed by atoms with van der Waals surface area (Å²) in [6.45, 7) is 3.46. The quantitative estimate of drug-likeness (QED) is 0.882. The third-order valence-corrected chi connectivity index (χ3v) is 4.48. The monoisotopic (exact) mass is 265 g/mol. The van der Waals surface area contributed by atoms with Crippen LogP contribution in [0.4, 0.5) is 0 Å². The molecule has 2 unspecified atom stereocenters. The Morgan fingerprint density at radius 3 is 2.56 bits per heavy atom. The van der Waals surface area contributed by atoms with E-state index in [-0.39, 0.29) is 11.7 Å². The maximum Gasteiger partial charge on any atom is 0.319 e. The van der Waals surface area contributed by atoms with E-state index in [2.05, 4.69) is 0 Å². The van der Waals surface area contributed by atoms with Gasteiger partial charge in [0, 0.05) is 10.8 Å². The van der Waals surface area contributed by atoms with Crippen molar-refractivity contribution in [3.63, 3.8) is 0 Å². The number of carboxylic acids is 1. The van der Waals surface area contributed by atoms with Crippen molar-refractivity contribution in [2.75, 3.05) is 0 Å². The molecule has 0 amide bonds. The second-order valence-electron chi connectivity index (χ2n) is 4.30. The first kappa shape index (κ1) is 14.4. The van der Waals surface area contributed by atoms with Gasteiger partial charge in [0.15, 0.2) is 0 Å². The van der Waals surface area contributed by atoms with Gasteiger partial charge >= 0.3 is 5.97 Å². The van der Waals surface area contributed by atoms with Gasteiger partial charge in [-0.3, -0.25) is 9.00 Å². The van der Waals surface area contributed by atoms with E-state index >= 15 is 0 Å². The molecular formula is C13H15NO3S. The molecular weight excluding hydrogens is 250 g/mol. The lowest BCUT2D eigenvalue weighted by atomic mass is 10.1. The molecule has 0 radical (unpaired) electrons. The molecule has 1 N–H and O–H groups in total. The van der Waals surface area contributed by atoms with Crippen LogP contribution in [0.15, 0.2) is 24.3 Å². The minimum atomic E-state index is -1.53. The van der Waals surface area contributed by atoms with Crippen LogP contribution in [-0.4, -0.2) is 20.5 Å². The topological polar surface area (TPSA) is 78.2 Å². The molecule has 0 spiro atoms. The molecule has 0 fully saturated rings. The van der Waals surface area contributed by atoms with E-state index in [0.29, 0.717) is 11.1 Å². The highest BCUT2D eigenvalue weighted by molar-refractivity contribution is 7.85. The first-order chi connectivity index (χ1) is 8.47. The lowest BCUT2D eigenvalue weighted by Gasteiger charge is -2.16. The van der Waals surface area contributed by atoms with Crippen LogP contribution >= 0.6 is 0 Å². The number of nitriles is 1. The van der Waals surface area contributed by atoms with Crippen molar-refractivity contribution in [3.8, 4) is 6.07 Å². The fourth-order valence-corrected chi connectivity index (χ4v) is 3.27. The summed E-state index contributed by atoms with van der Waals surface area (Å²) in [5.41, 5.74) is 1.07. The third kappa shape index (κ3) is 3.41. The average Bonchev–Trinajstić information content (AvgIpc) is 2.28. The van der Waals surface area contributed by atoms with Crippen molar-refractivity contribution in [3.05, 3.63) is 35.4 Å². The summed E-state index contributed by atoms with van der Waals surface area (Å²) in [4.78, 5) is 11.1.